The average Bonchev–Trinajstić information content (AvgIpc) is 3.09. The standard InChI is InChI=1S/C15H18FNO/c1-17(10-12-4-5-12)11-14-7-13(3-2-6-18)8-15(16)9-14/h7-9,12,18H,4-6,10-11H2,1H3. The Morgan fingerprint density at radius 3 is 2.83 bits per heavy atom. The minimum atomic E-state index is -0.269. The normalized spacial score (nSPS) is 14.4. The van der Waals surface area contributed by atoms with Crippen LogP contribution in [0.1, 0.15) is 24.0 Å². The topological polar surface area (TPSA) is 23.5 Å². The lowest BCUT2D eigenvalue weighted by Crippen LogP contribution is -2.20. The van der Waals surface area contributed by atoms with Gasteiger partial charge in [-0.3, -0.25) is 0 Å². The molecule has 1 fully saturated rings. The number of hydrogen-bond acceptors (Lipinski definition) is 2. The molecule has 0 aliphatic heterocycles. The first-order valence-electron chi connectivity index (χ1n) is 6.25. The summed E-state index contributed by atoms with van der Waals surface area (Å²) in [6.45, 7) is 1.61. The van der Waals surface area contributed by atoms with Gasteiger partial charge in [0.25, 0.3) is 0 Å². The van der Waals surface area contributed by atoms with Gasteiger partial charge in [0.2, 0.25) is 0 Å². The van der Waals surface area contributed by atoms with E-state index in [0.717, 1.165) is 24.6 Å². The Morgan fingerprint density at radius 1 is 1.39 bits per heavy atom. The highest BCUT2D eigenvalue weighted by molar-refractivity contribution is 5.37. The molecule has 1 aromatic rings. The summed E-state index contributed by atoms with van der Waals surface area (Å²) in [5, 5.41) is 8.64. The van der Waals surface area contributed by atoms with E-state index in [1.807, 2.05) is 6.07 Å². The molecule has 0 bridgehead atoms. The predicted octanol–water partition coefficient (Wildman–Crippen LogP) is 2.01. The van der Waals surface area contributed by atoms with Crippen molar-refractivity contribution in [1.29, 1.82) is 0 Å². The highest BCUT2D eigenvalue weighted by Gasteiger charge is 2.22. The van der Waals surface area contributed by atoms with Gasteiger partial charge in [-0.05, 0) is 49.6 Å². The molecule has 2 rings (SSSR count). The first-order chi connectivity index (χ1) is 8.67. The molecule has 1 aliphatic carbocycles. The molecule has 1 aliphatic rings. The van der Waals surface area contributed by atoms with Crippen molar-refractivity contribution in [1.82, 2.24) is 4.90 Å². The second-order valence-electron chi connectivity index (χ2n) is 4.95. The van der Waals surface area contributed by atoms with E-state index in [1.54, 1.807) is 6.07 Å². The lowest BCUT2D eigenvalue weighted by Gasteiger charge is -2.16. The molecule has 0 amide bonds. The van der Waals surface area contributed by atoms with Crippen LogP contribution in [0.25, 0.3) is 0 Å². The maximum atomic E-state index is 13.4. The van der Waals surface area contributed by atoms with Crippen LogP contribution in [0.3, 0.4) is 0 Å². The maximum absolute atomic E-state index is 13.4. The Labute approximate surface area is 107 Å². The van der Waals surface area contributed by atoms with Crippen molar-refractivity contribution in [3.05, 3.63) is 35.1 Å². The van der Waals surface area contributed by atoms with Gasteiger partial charge < -0.3 is 10.0 Å². The smallest absolute Gasteiger partial charge is 0.124 e. The van der Waals surface area contributed by atoms with Crippen molar-refractivity contribution >= 4 is 0 Å². The van der Waals surface area contributed by atoms with Crippen molar-refractivity contribution in [2.45, 2.75) is 19.4 Å². The van der Waals surface area contributed by atoms with Crippen LogP contribution in [-0.2, 0) is 6.54 Å². The van der Waals surface area contributed by atoms with Crippen LogP contribution in [0.5, 0.6) is 0 Å². The minimum Gasteiger partial charge on any atom is -0.384 e. The summed E-state index contributed by atoms with van der Waals surface area (Å²) in [4.78, 5) is 2.22. The molecule has 0 heterocycles. The van der Waals surface area contributed by atoms with Gasteiger partial charge >= 0.3 is 0 Å². The zero-order chi connectivity index (χ0) is 13.0. The summed E-state index contributed by atoms with van der Waals surface area (Å²) >= 11 is 0. The van der Waals surface area contributed by atoms with Crippen molar-refractivity contribution in [3.8, 4) is 11.8 Å². The highest BCUT2D eigenvalue weighted by atomic mass is 19.1. The van der Waals surface area contributed by atoms with Gasteiger partial charge in [-0.1, -0.05) is 11.8 Å². The SMILES string of the molecule is CN(Cc1cc(F)cc(C#CCO)c1)CC1CC1. The number of aliphatic hydroxyl groups is 1. The van der Waals surface area contributed by atoms with Crippen LogP contribution < -0.4 is 0 Å². The summed E-state index contributed by atoms with van der Waals surface area (Å²) in [6.07, 6.45) is 2.64. The Kier molecular flexibility index (Phi) is 4.35. The Balaban J connectivity index is 2.04. The van der Waals surface area contributed by atoms with E-state index in [4.69, 9.17) is 5.11 Å². The molecule has 0 spiro atoms. The van der Waals surface area contributed by atoms with E-state index in [0.29, 0.717) is 5.56 Å². The van der Waals surface area contributed by atoms with Crippen LogP contribution in [0, 0.1) is 23.6 Å². The fourth-order valence-electron chi connectivity index (χ4n) is 2.07. The van der Waals surface area contributed by atoms with Gasteiger partial charge in [-0.15, -0.1) is 0 Å². The molecule has 0 atom stereocenters. The summed E-state index contributed by atoms with van der Waals surface area (Å²) in [6, 6.07) is 4.83. The second kappa shape index (κ2) is 5.99. The zero-order valence-corrected chi connectivity index (χ0v) is 10.6. The minimum absolute atomic E-state index is 0.201. The first-order valence-corrected chi connectivity index (χ1v) is 6.25. The largest absolute Gasteiger partial charge is 0.384 e. The summed E-state index contributed by atoms with van der Waals surface area (Å²) in [7, 11) is 2.06. The van der Waals surface area contributed by atoms with Gasteiger partial charge in [0.05, 0.1) is 0 Å². The van der Waals surface area contributed by atoms with Crippen LogP contribution in [0.4, 0.5) is 4.39 Å². The Hall–Kier alpha value is -1.37. The summed E-state index contributed by atoms with van der Waals surface area (Å²) in [5.41, 5.74) is 1.55. The predicted molar refractivity (Wildman–Crippen MR) is 69.4 cm³/mol. The molecule has 96 valence electrons. The van der Waals surface area contributed by atoms with E-state index >= 15 is 0 Å². The molecule has 18 heavy (non-hydrogen) atoms. The van der Waals surface area contributed by atoms with Gasteiger partial charge in [0.15, 0.2) is 0 Å². The van der Waals surface area contributed by atoms with Crippen LogP contribution in [-0.4, -0.2) is 30.2 Å². The lowest BCUT2D eigenvalue weighted by molar-refractivity contribution is 0.312. The second-order valence-corrected chi connectivity index (χ2v) is 4.95. The molecule has 0 unspecified atom stereocenters. The van der Waals surface area contributed by atoms with Gasteiger partial charge in [0.1, 0.15) is 12.4 Å². The van der Waals surface area contributed by atoms with E-state index in [9.17, 15) is 4.39 Å². The molecule has 1 N–H and O–H groups in total. The highest BCUT2D eigenvalue weighted by Crippen LogP contribution is 2.29. The van der Waals surface area contributed by atoms with E-state index in [2.05, 4.69) is 23.8 Å². The fourth-order valence-corrected chi connectivity index (χ4v) is 2.07. The number of nitrogens with zero attached hydrogens (tertiary/aromatic N) is 1. The van der Waals surface area contributed by atoms with Crippen LogP contribution >= 0.6 is 0 Å². The number of benzene rings is 1. The van der Waals surface area contributed by atoms with Crippen molar-refractivity contribution < 1.29 is 9.50 Å². The molecule has 1 aromatic carbocycles. The number of hydrogen-bond donors (Lipinski definition) is 1. The van der Waals surface area contributed by atoms with Crippen LogP contribution in [0.2, 0.25) is 0 Å². The summed E-state index contributed by atoms with van der Waals surface area (Å²) in [5.74, 6) is 5.85. The van der Waals surface area contributed by atoms with Gasteiger partial charge in [-0.2, -0.15) is 0 Å². The average molecular weight is 247 g/mol. The molecular formula is C15H18FNO. The summed E-state index contributed by atoms with van der Waals surface area (Å²) < 4.78 is 13.4. The Morgan fingerprint density at radius 2 is 2.17 bits per heavy atom. The monoisotopic (exact) mass is 247 g/mol. The maximum Gasteiger partial charge on any atom is 0.124 e. The lowest BCUT2D eigenvalue weighted by atomic mass is 10.1. The van der Waals surface area contributed by atoms with Crippen molar-refractivity contribution in [2.75, 3.05) is 20.2 Å². The Bertz CT molecular complexity index is 471. The number of aliphatic hydroxyl groups excluding tert-OH is 1. The zero-order valence-electron chi connectivity index (χ0n) is 10.6. The van der Waals surface area contributed by atoms with Crippen molar-refractivity contribution in [3.63, 3.8) is 0 Å². The van der Waals surface area contributed by atoms with E-state index in [1.165, 1.54) is 18.9 Å². The molecular weight excluding hydrogens is 229 g/mol. The fraction of sp³-hybridized carbons (Fsp3) is 0.467. The third kappa shape index (κ3) is 4.14. The molecule has 2 nitrogen and oxygen atoms in total. The number of halogens is 1. The van der Waals surface area contributed by atoms with Gasteiger partial charge in [0, 0.05) is 18.7 Å². The van der Waals surface area contributed by atoms with Crippen LogP contribution in [0.15, 0.2) is 18.2 Å². The molecule has 3 heteroatoms. The van der Waals surface area contributed by atoms with E-state index < -0.39 is 0 Å². The third-order valence-corrected chi connectivity index (χ3v) is 2.99. The van der Waals surface area contributed by atoms with Crippen molar-refractivity contribution in [2.24, 2.45) is 5.92 Å². The first kappa shape index (κ1) is 13.1. The van der Waals surface area contributed by atoms with E-state index in [-0.39, 0.29) is 12.4 Å². The molecule has 1 saturated carbocycles. The quantitative estimate of drug-likeness (QED) is 0.823. The molecule has 0 aromatic heterocycles. The molecule has 0 saturated heterocycles. The number of rotatable bonds is 4. The van der Waals surface area contributed by atoms with Gasteiger partial charge in [-0.25, -0.2) is 4.39 Å². The molecule has 0 radical (unpaired) electrons. The third-order valence-electron chi connectivity index (χ3n) is 2.99.